The van der Waals surface area contributed by atoms with Crippen LogP contribution in [0.2, 0.25) is 0 Å². The molecule has 0 aromatic heterocycles. The van der Waals surface area contributed by atoms with E-state index in [9.17, 15) is 13.2 Å². The van der Waals surface area contributed by atoms with Gasteiger partial charge in [-0.3, -0.25) is 0 Å². The molecule has 1 aliphatic rings. The summed E-state index contributed by atoms with van der Waals surface area (Å²) < 4.78 is 37.9. The Morgan fingerprint density at radius 3 is 2.07 bits per heavy atom. The summed E-state index contributed by atoms with van der Waals surface area (Å²) in [6.45, 7) is 1.54. The molecule has 0 fully saturated rings. The molecule has 0 saturated heterocycles. The smallest absolute Gasteiger partial charge is 0.166 e. The summed E-state index contributed by atoms with van der Waals surface area (Å²) in [4.78, 5) is 0. The summed E-state index contributed by atoms with van der Waals surface area (Å²) in [5, 5.41) is 0. The zero-order valence-corrected chi connectivity index (χ0v) is 8.62. The highest BCUT2D eigenvalue weighted by Gasteiger charge is 2.33. The number of halogens is 3. The van der Waals surface area contributed by atoms with E-state index >= 15 is 0 Å². The summed E-state index contributed by atoms with van der Waals surface area (Å²) in [7, 11) is 0. The first-order valence-electron chi connectivity index (χ1n) is 5.18. The van der Waals surface area contributed by atoms with Crippen molar-refractivity contribution in [3.05, 3.63) is 34.4 Å². The molecule has 1 aliphatic carbocycles. The maximum Gasteiger partial charge on any atom is 0.416 e. The Bertz CT molecular complexity index is 377. The molecule has 0 atom stereocenters. The fourth-order valence-electron chi connectivity index (χ4n) is 2.21. The van der Waals surface area contributed by atoms with Crippen LogP contribution in [0.3, 0.4) is 0 Å². The number of fused-ring (bicyclic) bond motifs is 1. The SMILES string of the molecule is Cc1cc2c(cc1C(F)(F)F)CCCC2. The van der Waals surface area contributed by atoms with Gasteiger partial charge in [0.1, 0.15) is 0 Å². The first-order valence-corrected chi connectivity index (χ1v) is 5.18. The third-order valence-electron chi connectivity index (χ3n) is 2.99. The summed E-state index contributed by atoms with van der Waals surface area (Å²) in [5.74, 6) is 0. The third-order valence-corrected chi connectivity index (χ3v) is 2.99. The van der Waals surface area contributed by atoms with Gasteiger partial charge in [0.15, 0.2) is 0 Å². The molecule has 3 heteroatoms. The van der Waals surface area contributed by atoms with E-state index in [1.54, 1.807) is 6.07 Å². The Morgan fingerprint density at radius 2 is 1.53 bits per heavy atom. The van der Waals surface area contributed by atoms with E-state index in [1.165, 1.54) is 13.0 Å². The first kappa shape index (κ1) is 10.5. The fraction of sp³-hybridized carbons (Fsp3) is 0.500. The second kappa shape index (κ2) is 3.54. The van der Waals surface area contributed by atoms with Gasteiger partial charge in [0, 0.05) is 0 Å². The number of rotatable bonds is 0. The fourth-order valence-corrected chi connectivity index (χ4v) is 2.21. The molecule has 0 nitrogen and oxygen atoms in total. The molecule has 1 aromatic carbocycles. The molecule has 0 spiro atoms. The van der Waals surface area contributed by atoms with Crippen molar-refractivity contribution in [1.82, 2.24) is 0 Å². The molecular weight excluding hydrogens is 201 g/mol. The molecule has 1 aromatic rings. The van der Waals surface area contributed by atoms with Crippen LogP contribution in [-0.2, 0) is 19.0 Å². The molecular formula is C12H13F3. The Hall–Kier alpha value is -0.990. The number of aryl methyl sites for hydroxylation is 3. The Kier molecular flexibility index (Phi) is 2.49. The summed E-state index contributed by atoms with van der Waals surface area (Å²) in [5.41, 5.74) is 1.87. The zero-order chi connectivity index (χ0) is 11.1. The molecule has 0 amide bonds. The van der Waals surface area contributed by atoms with Crippen LogP contribution in [0.5, 0.6) is 0 Å². The molecule has 0 bridgehead atoms. The maximum atomic E-state index is 12.6. The van der Waals surface area contributed by atoms with Crippen molar-refractivity contribution in [3.8, 4) is 0 Å². The van der Waals surface area contributed by atoms with Crippen LogP contribution in [0.25, 0.3) is 0 Å². The quantitative estimate of drug-likeness (QED) is 0.614. The normalized spacial score (nSPS) is 16.3. The van der Waals surface area contributed by atoms with E-state index in [4.69, 9.17) is 0 Å². The molecule has 0 saturated carbocycles. The van der Waals surface area contributed by atoms with E-state index in [0.717, 1.165) is 36.8 Å². The summed E-state index contributed by atoms with van der Waals surface area (Å²) in [6.07, 6.45) is -0.394. The molecule has 82 valence electrons. The number of benzene rings is 1. The minimum absolute atomic E-state index is 0.350. The third kappa shape index (κ3) is 2.01. The average Bonchev–Trinajstić information content (AvgIpc) is 2.15. The van der Waals surface area contributed by atoms with E-state index in [1.807, 2.05) is 0 Å². The van der Waals surface area contributed by atoms with Gasteiger partial charge in [-0.15, -0.1) is 0 Å². The van der Waals surface area contributed by atoms with Crippen molar-refractivity contribution >= 4 is 0 Å². The highest BCUT2D eigenvalue weighted by atomic mass is 19.4. The van der Waals surface area contributed by atoms with Gasteiger partial charge in [-0.1, -0.05) is 6.07 Å². The van der Waals surface area contributed by atoms with Crippen molar-refractivity contribution in [2.45, 2.75) is 38.8 Å². The van der Waals surface area contributed by atoms with Gasteiger partial charge in [0.25, 0.3) is 0 Å². The van der Waals surface area contributed by atoms with Crippen LogP contribution >= 0.6 is 0 Å². The lowest BCUT2D eigenvalue weighted by Crippen LogP contribution is -2.11. The van der Waals surface area contributed by atoms with E-state index in [-0.39, 0.29) is 0 Å². The minimum Gasteiger partial charge on any atom is -0.166 e. The van der Waals surface area contributed by atoms with Crippen LogP contribution in [0.1, 0.15) is 35.1 Å². The molecule has 0 unspecified atom stereocenters. The topological polar surface area (TPSA) is 0 Å². The zero-order valence-electron chi connectivity index (χ0n) is 8.62. The van der Waals surface area contributed by atoms with E-state index in [2.05, 4.69) is 0 Å². The van der Waals surface area contributed by atoms with Crippen molar-refractivity contribution < 1.29 is 13.2 Å². The second-order valence-electron chi connectivity index (χ2n) is 4.14. The summed E-state index contributed by atoms with van der Waals surface area (Å²) >= 11 is 0. The molecule has 0 N–H and O–H groups in total. The van der Waals surface area contributed by atoms with Gasteiger partial charge in [-0.25, -0.2) is 0 Å². The minimum atomic E-state index is -4.21. The van der Waals surface area contributed by atoms with Crippen molar-refractivity contribution in [1.29, 1.82) is 0 Å². The lowest BCUT2D eigenvalue weighted by molar-refractivity contribution is -0.138. The van der Waals surface area contributed by atoms with Crippen LogP contribution in [0.4, 0.5) is 13.2 Å². The molecule has 0 radical (unpaired) electrons. The number of hydrogen-bond donors (Lipinski definition) is 0. The molecule has 2 rings (SSSR count). The van der Waals surface area contributed by atoms with Crippen molar-refractivity contribution in [2.24, 2.45) is 0 Å². The monoisotopic (exact) mass is 214 g/mol. The van der Waals surface area contributed by atoms with E-state index < -0.39 is 11.7 Å². The van der Waals surface area contributed by atoms with Gasteiger partial charge in [-0.05, 0) is 55.4 Å². The van der Waals surface area contributed by atoms with Gasteiger partial charge >= 0.3 is 6.18 Å². The largest absolute Gasteiger partial charge is 0.416 e. The van der Waals surface area contributed by atoms with Crippen molar-refractivity contribution in [3.63, 3.8) is 0 Å². The van der Waals surface area contributed by atoms with Gasteiger partial charge in [0.2, 0.25) is 0 Å². The first-order chi connectivity index (χ1) is 6.98. The number of hydrogen-bond acceptors (Lipinski definition) is 0. The van der Waals surface area contributed by atoms with Crippen LogP contribution in [-0.4, -0.2) is 0 Å². The average molecular weight is 214 g/mol. The maximum absolute atomic E-state index is 12.6. The predicted molar refractivity (Wildman–Crippen MR) is 52.8 cm³/mol. The van der Waals surface area contributed by atoms with Crippen LogP contribution < -0.4 is 0 Å². The predicted octanol–water partition coefficient (Wildman–Crippen LogP) is 3.89. The Morgan fingerprint density at radius 1 is 1.00 bits per heavy atom. The molecule has 0 aliphatic heterocycles. The van der Waals surface area contributed by atoms with E-state index in [0.29, 0.717) is 5.56 Å². The highest BCUT2D eigenvalue weighted by molar-refractivity contribution is 5.40. The van der Waals surface area contributed by atoms with Crippen LogP contribution in [0, 0.1) is 6.92 Å². The standard InChI is InChI=1S/C12H13F3/c1-8-6-9-4-2-3-5-10(9)7-11(8)12(13,14)15/h6-7H,2-5H2,1H3. The number of alkyl halides is 3. The van der Waals surface area contributed by atoms with Gasteiger partial charge in [-0.2, -0.15) is 13.2 Å². The second-order valence-corrected chi connectivity index (χ2v) is 4.14. The summed E-state index contributed by atoms with van der Waals surface area (Å²) in [6, 6.07) is 3.04. The van der Waals surface area contributed by atoms with Crippen molar-refractivity contribution in [2.75, 3.05) is 0 Å². The van der Waals surface area contributed by atoms with Gasteiger partial charge in [0.05, 0.1) is 5.56 Å². The molecule has 15 heavy (non-hydrogen) atoms. The van der Waals surface area contributed by atoms with Crippen LogP contribution in [0.15, 0.2) is 12.1 Å². The highest BCUT2D eigenvalue weighted by Crippen LogP contribution is 2.35. The lowest BCUT2D eigenvalue weighted by Gasteiger charge is -2.19. The Balaban J connectivity index is 2.50. The Labute approximate surface area is 87.1 Å². The lowest BCUT2D eigenvalue weighted by atomic mass is 9.88. The molecule has 0 heterocycles. The van der Waals surface area contributed by atoms with Gasteiger partial charge < -0.3 is 0 Å².